The van der Waals surface area contributed by atoms with E-state index in [1.165, 1.54) is 51.0 Å². The number of carbonyl (C=O) groups excluding carboxylic acids is 6. The normalized spacial score (nSPS) is 13.1. The fourth-order valence-corrected chi connectivity index (χ4v) is 4.94. The molecular formula is C40H47IN2O11. The average molecular weight is 860 g/mol. The molecule has 4 aromatic rings. The van der Waals surface area contributed by atoms with E-state index >= 15 is 0 Å². The van der Waals surface area contributed by atoms with Gasteiger partial charge in [-0.3, -0.25) is 33.3 Å². The van der Waals surface area contributed by atoms with Gasteiger partial charge in [0.25, 0.3) is 0 Å². The summed E-state index contributed by atoms with van der Waals surface area (Å²) in [4.78, 5) is 92.2. The number of hydrogen-bond acceptors (Lipinski definition) is 11. The average Bonchev–Trinajstić information content (AvgIpc) is 3.62. The second-order valence-corrected chi connectivity index (χ2v) is 12.7. The van der Waals surface area contributed by atoms with Crippen LogP contribution in [0.25, 0.3) is 10.8 Å². The van der Waals surface area contributed by atoms with Gasteiger partial charge in [-0.1, -0.05) is 58.0 Å². The lowest BCUT2D eigenvalue weighted by atomic mass is 9.95. The lowest BCUT2D eigenvalue weighted by Crippen LogP contribution is -2.24. The molecular weight excluding hydrogens is 811 g/mol. The fourth-order valence-electron chi connectivity index (χ4n) is 4.94. The summed E-state index contributed by atoms with van der Waals surface area (Å²) in [6, 6.07) is 9.46. The van der Waals surface area contributed by atoms with E-state index in [4.69, 9.17) is 10.9 Å². The number of Topliss-reactive ketones (excluding diaryl/α,β-unsaturated/α-hetero) is 3. The molecule has 2 aromatic heterocycles. The van der Waals surface area contributed by atoms with E-state index in [1.807, 2.05) is 74.6 Å². The molecule has 0 saturated carbocycles. The van der Waals surface area contributed by atoms with E-state index in [1.54, 1.807) is 19.9 Å². The van der Waals surface area contributed by atoms with Gasteiger partial charge in [-0.2, -0.15) is 0 Å². The van der Waals surface area contributed by atoms with Crippen LogP contribution in [0.5, 0.6) is 0 Å². The number of aromatic nitrogens is 2. The van der Waals surface area contributed by atoms with Crippen LogP contribution in [0.4, 0.5) is 0 Å². The molecule has 3 heterocycles. The van der Waals surface area contributed by atoms with Crippen molar-refractivity contribution in [3.63, 3.8) is 0 Å². The maximum atomic E-state index is 12.0. The third kappa shape index (κ3) is 13.4. The molecule has 1 aliphatic rings. The number of esters is 2. The van der Waals surface area contributed by atoms with Gasteiger partial charge in [0.1, 0.15) is 35.4 Å². The minimum atomic E-state index is -1.06. The second-order valence-electron chi connectivity index (χ2n) is 12.7. The summed E-state index contributed by atoms with van der Waals surface area (Å²) in [6.45, 7) is 16.5. The Kier molecular flexibility index (Phi) is 18.0. The molecule has 0 spiro atoms. The number of ketones is 3. The fraction of sp³-hybridized carbons (Fsp3) is 0.375. The third-order valence-electron chi connectivity index (χ3n) is 8.29. The number of benzene rings is 2. The zero-order valence-electron chi connectivity index (χ0n) is 33.1. The number of alkyl halides is 1. The predicted octanol–water partition coefficient (Wildman–Crippen LogP) is 6.74. The number of halogens is 1. The molecule has 3 unspecified atom stereocenters. The number of carbonyl (C=O) groups is 7. The van der Waals surface area contributed by atoms with Gasteiger partial charge >= 0.3 is 23.5 Å². The van der Waals surface area contributed by atoms with E-state index in [2.05, 4.69) is 9.72 Å². The van der Waals surface area contributed by atoms with Gasteiger partial charge in [0, 0.05) is 13.8 Å². The highest BCUT2D eigenvalue weighted by atomic mass is 127. The number of ether oxygens (including phenoxy) is 1. The van der Waals surface area contributed by atoms with Gasteiger partial charge in [0.15, 0.2) is 0 Å². The number of imidazole rings is 1. The van der Waals surface area contributed by atoms with Gasteiger partial charge in [-0.25, -0.2) is 14.6 Å². The number of carboxylic acid groups (broad SMARTS) is 1. The Bertz CT molecular complexity index is 2090. The molecule has 0 saturated heterocycles. The van der Waals surface area contributed by atoms with Crippen molar-refractivity contribution < 1.29 is 49.2 Å². The maximum Gasteiger partial charge on any atom is 0.346 e. The highest BCUT2D eigenvalue weighted by Gasteiger charge is 2.26. The van der Waals surface area contributed by atoms with Gasteiger partial charge in [-0.15, -0.1) is 0 Å². The first-order valence-corrected chi connectivity index (χ1v) is 18.1. The highest BCUT2D eigenvalue weighted by Crippen LogP contribution is 2.24. The number of hydrogen-bond donors (Lipinski definition) is 1. The SMILES string of the molecule is CC(=O)C(C)C(=O)O.CC(=O)C(C)C(=O)n1ccnc1.CC(=O)C(C)c1cc2cc(C)cc(C)c2c(=O)o1.Cc1cc(C)c2c(c1)CC(=O)OC2=O.[2H]CI. The van der Waals surface area contributed by atoms with Crippen molar-refractivity contribution in [2.24, 2.45) is 11.8 Å². The van der Waals surface area contributed by atoms with Crippen molar-refractivity contribution in [3.05, 3.63) is 98.6 Å². The van der Waals surface area contributed by atoms with Crippen molar-refractivity contribution in [3.8, 4) is 0 Å². The number of aryl methyl sites for hydroxylation is 4. The molecule has 5 rings (SSSR count). The summed E-state index contributed by atoms with van der Waals surface area (Å²) < 4.78 is 17.3. The molecule has 290 valence electrons. The zero-order valence-corrected chi connectivity index (χ0v) is 34.2. The second kappa shape index (κ2) is 21.5. The molecule has 3 atom stereocenters. The first-order chi connectivity index (χ1) is 25.6. The number of fused-ring (bicyclic) bond motifs is 2. The first-order valence-electron chi connectivity index (χ1n) is 17.3. The smallest absolute Gasteiger partial charge is 0.346 e. The van der Waals surface area contributed by atoms with Crippen molar-refractivity contribution in [2.45, 2.75) is 81.6 Å². The van der Waals surface area contributed by atoms with Gasteiger partial charge in [0.05, 0.1) is 29.2 Å². The van der Waals surface area contributed by atoms with Crippen LogP contribution >= 0.6 is 22.6 Å². The standard InChI is InChI=1S/C15H16O3.C11H10O3.C8H10N2O2.C5H8O3.CH3I/c1-8-5-9(2)14-12(6-8)7-13(18-15(14)17)10(3)11(4)16;1-6-3-7(2)10-8(4-6)5-9(12)14-11(10)13;1-6(7(2)11)8(12)10-4-3-9-5-10;1-3(4(2)6)5(7)8;1-2/h5-7,10H,1-4H3;3-4H,5H2,1-2H3;3-6H,1-2H3;3H,1-2H3,(H,7,8);1H3/i;;;;1D. The van der Waals surface area contributed by atoms with Crippen LogP contribution in [-0.2, 0) is 35.1 Å². The summed E-state index contributed by atoms with van der Waals surface area (Å²) in [5.74, 6) is -4.12. The van der Waals surface area contributed by atoms with E-state index in [0.717, 1.165) is 33.2 Å². The van der Waals surface area contributed by atoms with E-state index in [-0.39, 0.29) is 41.2 Å². The molecule has 1 N–H and O–H groups in total. The summed E-state index contributed by atoms with van der Waals surface area (Å²) in [5.41, 5.74) is 4.89. The van der Waals surface area contributed by atoms with Crippen molar-refractivity contribution >= 4 is 74.5 Å². The topological polar surface area (TPSA) is 197 Å². The molecule has 0 radical (unpaired) electrons. The van der Waals surface area contributed by atoms with Crippen LogP contribution < -0.4 is 5.63 Å². The van der Waals surface area contributed by atoms with Crippen LogP contribution in [0, 0.1) is 39.5 Å². The Morgan fingerprint density at radius 2 is 1.41 bits per heavy atom. The Morgan fingerprint density at radius 3 is 1.89 bits per heavy atom. The quantitative estimate of drug-likeness (QED) is 0.0929. The summed E-state index contributed by atoms with van der Waals surface area (Å²) in [7, 11) is 0. The van der Waals surface area contributed by atoms with Crippen LogP contribution in [0.15, 0.2) is 58.3 Å². The lowest BCUT2D eigenvalue weighted by molar-refractivity contribution is -0.145. The van der Waals surface area contributed by atoms with Gasteiger partial charge in [-0.05, 0) is 102 Å². The van der Waals surface area contributed by atoms with E-state index < -0.39 is 29.7 Å². The lowest BCUT2D eigenvalue weighted by Gasteiger charge is -2.16. The van der Waals surface area contributed by atoms with Crippen LogP contribution in [-0.4, -0.2) is 60.7 Å². The number of cyclic esters (lactones) is 2. The minimum Gasteiger partial charge on any atom is -0.481 e. The van der Waals surface area contributed by atoms with Crippen molar-refractivity contribution in [1.29, 1.82) is 0 Å². The predicted molar refractivity (Wildman–Crippen MR) is 211 cm³/mol. The van der Waals surface area contributed by atoms with Gasteiger partial charge < -0.3 is 14.3 Å². The van der Waals surface area contributed by atoms with Gasteiger partial charge in [0.2, 0.25) is 5.91 Å². The molecule has 0 amide bonds. The Morgan fingerprint density at radius 1 is 0.852 bits per heavy atom. The largest absolute Gasteiger partial charge is 0.481 e. The molecule has 2 aromatic carbocycles. The van der Waals surface area contributed by atoms with Crippen molar-refractivity contribution in [1.82, 2.24) is 9.55 Å². The van der Waals surface area contributed by atoms with Crippen LogP contribution in [0.1, 0.15) is 97.6 Å². The molecule has 0 bridgehead atoms. The van der Waals surface area contributed by atoms with E-state index in [9.17, 15) is 38.4 Å². The number of aliphatic carboxylic acids is 1. The zero-order chi connectivity index (χ0) is 42.3. The highest BCUT2D eigenvalue weighted by molar-refractivity contribution is 14.1. The van der Waals surface area contributed by atoms with Crippen LogP contribution in [0.2, 0.25) is 0 Å². The third-order valence-corrected chi connectivity index (χ3v) is 8.29. The Hall–Kier alpha value is -5.12. The first kappa shape index (κ1) is 45.0. The summed E-state index contributed by atoms with van der Waals surface area (Å²) in [5, 5.41) is 9.57. The van der Waals surface area contributed by atoms with Crippen molar-refractivity contribution in [2.75, 3.05) is 4.91 Å². The summed E-state index contributed by atoms with van der Waals surface area (Å²) in [6.07, 6.45) is 4.62. The molecule has 0 aliphatic carbocycles. The monoisotopic (exact) mass is 859 g/mol. The Labute approximate surface area is 329 Å². The molecule has 14 heteroatoms. The summed E-state index contributed by atoms with van der Waals surface area (Å²) >= 11 is 1.96. The molecule has 0 fully saturated rings. The Balaban J connectivity index is 0.000000370. The number of carboxylic acids is 1. The molecule has 1 aliphatic heterocycles. The van der Waals surface area contributed by atoms with E-state index in [0.29, 0.717) is 21.6 Å². The number of rotatable bonds is 6. The molecule has 13 nitrogen and oxygen atoms in total. The number of nitrogens with zero attached hydrogens (tertiary/aromatic N) is 2. The molecule has 54 heavy (non-hydrogen) atoms. The maximum absolute atomic E-state index is 12.0. The minimum absolute atomic E-state index is 0.0122. The van der Waals surface area contributed by atoms with Crippen LogP contribution in [0.3, 0.4) is 0 Å².